The second-order valence-electron chi connectivity index (χ2n) is 22.1. The lowest BCUT2D eigenvalue weighted by atomic mass is 9.38. The zero-order valence-corrected chi connectivity index (χ0v) is 38.3. The Labute approximate surface area is 392 Å². The van der Waals surface area contributed by atoms with Gasteiger partial charge in [-0.1, -0.05) is 126 Å². The lowest BCUT2D eigenvalue weighted by Gasteiger charge is -2.64. The minimum absolute atomic E-state index is 0.300. The highest BCUT2D eigenvalue weighted by molar-refractivity contribution is 6.58. The quantitative estimate of drug-likeness (QED) is 0.170. The molecular formula is C58H52BCl3O2. The summed E-state index contributed by atoms with van der Waals surface area (Å²) in [5.74, 6) is 7.55. The topological polar surface area (TPSA) is 40.5 Å². The maximum Gasteiger partial charge on any atom is 0.488 e. The van der Waals surface area contributed by atoms with E-state index in [2.05, 4.69) is 97.1 Å². The third-order valence-corrected chi connectivity index (χ3v) is 20.6. The van der Waals surface area contributed by atoms with E-state index < -0.39 is 7.12 Å². The molecule has 0 saturated heterocycles. The van der Waals surface area contributed by atoms with Gasteiger partial charge in [0.2, 0.25) is 0 Å². The lowest BCUT2D eigenvalue weighted by Crippen LogP contribution is -2.62. The predicted octanol–water partition coefficient (Wildman–Crippen LogP) is 13.8. The van der Waals surface area contributed by atoms with Gasteiger partial charge in [0, 0.05) is 25.9 Å². The Kier molecular flexibility index (Phi) is 8.39. The van der Waals surface area contributed by atoms with Crippen LogP contribution in [0.3, 0.4) is 0 Å². The largest absolute Gasteiger partial charge is 0.488 e. The fourth-order valence-electron chi connectivity index (χ4n) is 18.7. The summed E-state index contributed by atoms with van der Waals surface area (Å²) < 4.78 is 0. The molecule has 8 unspecified atom stereocenters. The molecular weight excluding hydrogens is 846 g/mol. The van der Waals surface area contributed by atoms with Crippen molar-refractivity contribution >= 4 is 47.4 Å². The molecule has 8 saturated carbocycles. The number of rotatable bonds is 2. The second kappa shape index (κ2) is 13.6. The summed E-state index contributed by atoms with van der Waals surface area (Å²) in [5, 5.41) is 19.5. The van der Waals surface area contributed by atoms with E-state index in [1.165, 1.54) is 97.6 Å². The highest BCUT2D eigenvalue weighted by Crippen LogP contribution is 2.86. The van der Waals surface area contributed by atoms with E-state index in [-0.39, 0.29) is 0 Å². The molecule has 0 aliphatic heterocycles. The monoisotopic (exact) mass is 896 g/mol. The van der Waals surface area contributed by atoms with E-state index in [0.717, 1.165) is 57.4 Å². The van der Waals surface area contributed by atoms with E-state index in [9.17, 15) is 0 Å². The van der Waals surface area contributed by atoms with E-state index in [1.807, 2.05) is 12.1 Å². The molecule has 320 valence electrons. The van der Waals surface area contributed by atoms with Crippen LogP contribution in [0, 0.1) is 58.2 Å². The molecule has 2 nitrogen and oxygen atoms in total. The fourth-order valence-corrected chi connectivity index (χ4v) is 19.1. The molecule has 6 aromatic carbocycles. The van der Waals surface area contributed by atoms with Crippen molar-refractivity contribution < 1.29 is 10.0 Å². The molecule has 6 bridgehead atoms. The maximum absolute atomic E-state index is 8.63. The van der Waals surface area contributed by atoms with Gasteiger partial charge in [-0.15, -0.1) is 0 Å². The minimum Gasteiger partial charge on any atom is -0.423 e. The van der Waals surface area contributed by atoms with Gasteiger partial charge in [-0.3, -0.25) is 0 Å². The number of halogens is 3. The molecule has 6 aromatic rings. The smallest absolute Gasteiger partial charge is 0.423 e. The van der Waals surface area contributed by atoms with Crippen molar-refractivity contribution in [3.05, 3.63) is 171 Å². The van der Waals surface area contributed by atoms with Gasteiger partial charge in [0.05, 0.1) is 0 Å². The minimum atomic E-state index is -1.41. The highest BCUT2D eigenvalue weighted by Gasteiger charge is 2.80. The summed E-state index contributed by atoms with van der Waals surface area (Å²) in [7, 11) is -1.41. The van der Waals surface area contributed by atoms with Crippen molar-refractivity contribution in [1.29, 1.82) is 0 Å². The molecule has 64 heavy (non-hydrogen) atoms. The number of hydrogen-bond donors (Lipinski definition) is 2. The maximum atomic E-state index is 8.63. The molecule has 8 atom stereocenters. The van der Waals surface area contributed by atoms with Crippen molar-refractivity contribution in [2.24, 2.45) is 58.2 Å². The molecule has 16 rings (SSSR count). The van der Waals surface area contributed by atoms with Crippen molar-refractivity contribution in [3.63, 3.8) is 0 Å². The first-order valence-electron chi connectivity index (χ1n) is 24.2. The van der Waals surface area contributed by atoms with Gasteiger partial charge < -0.3 is 10.0 Å². The summed E-state index contributed by atoms with van der Waals surface area (Å²) in [6.45, 7) is 0. The van der Waals surface area contributed by atoms with Gasteiger partial charge in [-0.2, -0.15) is 0 Å². The Morgan fingerprint density at radius 1 is 0.391 bits per heavy atom. The normalized spacial score (nSPS) is 36.5. The lowest BCUT2D eigenvalue weighted by molar-refractivity contribution is -0.0820. The zero-order valence-electron chi connectivity index (χ0n) is 36.0. The van der Waals surface area contributed by atoms with Crippen molar-refractivity contribution in [2.75, 3.05) is 0 Å². The van der Waals surface area contributed by atoms with Crippen molar-refractivity contribution in [3.8, 4) is 33.4 Å². The van der Waals surface area contributed by atoms with Crippen LogP contribution in [0.15, 0.2) is 133 Å². The van der Waals surface area contributed by atoms with Crippen LogP contribution in [0.5, 0.6) is 0 Å². The summed E-state index contributed by atoms with van der Waals surface area (Å²) in [4.78, 5) is 0. The molecule has 0 amide bonds. The van der Waals surface area contributed by atoms with Gasteiger partial charge in [0.1, 0.15) is 0 Å². The molecule has 4 spiro atoms. The van der Waals surface area contributed by atoms with E-state index >= 15 is 0 Å². The van der Waals surface area contributed by atoms with Crippen molar-refractivity contribution in [1.82, 2.24) is 0 Å². The van der Waals surface area contributed by atoms with E-state index in [4.69, 9.17) is 44.9 Å². The molecule has 0 radical (unpaired) electrons. The van der Waals surface area contributed by atoms with Crippen LogP contribution in [-0.2, 0) is 10.8 Å². The third kappa shape index (κ3) is 4.94. The Balaban J connectivity index is 0.000000104. The average Bonchev–Trinajstić information content (AvgIpc) is 4.05. The van der Waals surface area contributed by atoms with Crippen LogP contribution in [0.1, 0.15) is 86.5 Å². The number of benzene rings is 6. The highest BCUT2D eigenvalue weighted by atomic mass is 35.5. The van der Waals surface area contributed by atoms with Crippen LogP contribution in [0.4, 0.5) is 0 Å². The SMILES string of the molecule is Clc1ccc(-c2ccc3c(c2)-c2ccccc2C32C3CC4CC5CC2C3(C4)C5)cc1.Clc1ccc2c(c1)-c1ccccc1C21C2CC3CC4CC1C2(C3)C4.OB(O)c1ccc(Cl)cc1. The van der Waals surface area contributed by atoms with Gasteiger partial charge in [-0.05, 0) is 226 Å². The van der Waals surface area contributed by atoms with Crippen LogP contribution < -0.4 is 5.46 Å². The molecule has 6 heteroatoms. The van der Waals surface area contributed by atoms with Crippen LogP contribution >= 0.6 is 34.8 Å². The molecule has 8 fully saturated rings. The Morgan fingerprint density at radius 2 is 0.781 bits per heavy atom. The van der Waals surface area contributed by atoms with Crippen molar-refractivity contribution in [2.45, 2.75) is 75.0 Å². The summed E-state index contributed by atoms with van der Waals surface area (Å²) in [6.07, 6.45) is 15.1. The Morgan fingerprint density at radius 3 is 1.27 bits per heavy atom. The number of fused-ring (bicyclic) bond motifs is 18. The van der Waals surface area contributed by atoms with Gasteiger partial charge in [0.15, 0.2) is 0 Å². The predicted molar refractivity (Wildman–Crippen MR) is 261 cm³/mol. The molecule has 0 heterocycles. The first-order chi connectivity index (χ1) is 31.1. The third-order valence-electron chi connectivity index (χ3n) is 19.8. The summed E-state index contributed by atoms with van der Waals surface area (Å²) in [5.41, 5.74) is 17.5. The van der Waals surface area contributed by atoms with Gasteiger partial charge >= 0.3 is 7.12 Å². The molecule has 2 N–H and O–H groups in total. The van der Waals surface area contributed by atoms with E-state index in [1.54, 1.807) is 46.5 Å². The first-order valence-corrected chi connectivity index (χ1v) is 25.3. The van der Waals surface area contributed by atoms with Gasteiger partial charge in [0.25, 0.3) is 0 Å². The van der Waals surface area contributed by atoms with Crippen LogP contribution in [0.25, 0.3) is 33.4 Å². The average molecular weight is 898 g/mol. The second-order valence-corrected chi connectivity index (χ2v) is 23.4. The molecule has 10 aliphatic carbocycles. The van der Waals surface area contributed by atoms with Gasteiger partial charge in [-0.25, -0.2) is 0 Å². The van der Waals surface area contributed by atoms with Crippen LogP contribution in [-0.4, -0.2) is 17.2 Å². The first kappa shape index (κ1) is 39.4. The Hall–Kier alpha value is -3.83. The zero-order chi connectivity index (χ0) is 42.9. The fraction of sp³-hybridized carbons (Fsp3) is 0.379. The van der Waals surface area contributed by atoms with E-state index in [0.29, 0.717) is 32.1 Å². The number of hydrogen-bond acceptors (Lipinski definition) is 2. The summed E-state index contributed by atoms with van der Waals surface area (Å²) >= 11 is 18.1. The molecule has 10 aliphatic rings. The van der Waals surface area contributed by atoms with Crippen LogP contribution in [0.2, 0.25) is 15.1 Å². The molecule has 0 aromatic heterocycles. The standard InChI is InChI=1S/C29H25Cl.C23H21Cl.C6H6BClO2/c30-21-8-5-19(6-9-21)20-7-10-25-23(14-20)22-3-1-2-4-24(22)29(25)26-12-17-11-18-13-27(29)28(26,15-17)16-18;24-15-5-6-19-17(10-15)16-3-1-2-4-18(16)23(19)20-8-13-7-14-9-21(23)22(20,11-13)12-14;8-6-3-1-5(2-4-6)7(9)10/h1-10,14,17-18,26-27H,11-13,15-16H2;1-6,10,13-14,20-21H,7-9,11-12H2;1-4,9-10H. The Bertz CT molecular complexity index is 2860. The summed E-state index contributed by atoms with van der Waals surface area (Å²) in [6, 6.07) is 47.4.